The van der Waals surface area contributed by atoms with Gasteiger partial charge >= 0.3 is 0 Å². The third-order valence-corrected chi connectivity index (χ3v) is 3.96. The number of allylic oxidation sites excluding steroid dienone is 1. The largest absolute Gasteiger partial charge is 0.383 e. The first-order valence-corrected chi connectivity index (χ1v) is 8.57. The average molecular weight is 310 g/mol. The first-order valence-electron chi connectivity index (χ1n) is 6.72. The van der Waals surface area contributed by atoms with E-state index in [1.54, 1.807) is 35.4 Å². The van der Waals surface area contributed by atoms with Crippen LogP contribution < -0.4 is 4.31 Å². The van der Waals surface area contributed by atoms with E-state index in [4.69, 9.17) is 0 Å². The lowest BCUT2D eigenvalue weighted by atomic mass is 10.1. The number of hydrogen-bond acceptors (Lipinski definition) is 4. The van der Waals surface area contributed by atoms with Crippen LogP contribution in [0, 0.1) is 0 Å². The van der Waals surface area contributed by atoms with E-state index in [0.29, 0.717) is 24.2 Å². The summed E-state index contributed by atoms with van der Waals surface area (Å²) in [5.74, 6) is -0.157. The number of carbonyl (C=O) groups excluding carboxylic acids is 1. The van der Waals surface area contributed by atoms with Crippen LogP contribution in [0.5, 0.6) is 0 Å². The van der Waals surface area contributed by atoms with E-state index in [1.807, 2.05) is 21.0 Å². The second-order valence-electron chi connectivity index (χ2n) is 5.03. The smallest absolute Gasteiger partial charge is 0.232 e. The van der Waals surface area contributed by atoms with E-state index in [2.05, 4.69) is 0 Å². The van der Waals surface area contributed by atoms with Crippen molar-refractivity contribution in [2.75, 3.05) is 31.2 Å². The predicted octanol–water partition coefficient (Wildman–Crippen LogP) is 2.12. The number of benzene rings is 1. The molecule has 0 aliphatic carbocycles. The summed E-state index contributed by atoms with van der Waals surface area (Å²) in [5.41, 5.74) is 0.985. The number of carbonyl (C=O) groups is 1. The molecule has 116 valence electrons. The molecule has 0 heterocycles. The van der Waals surface area contributed by atoms with Crippen molar-refractivity contribution >= 4 is 21.5 Å². The normalized spacial score (nSPS) is 11.6. The van der Waals surface area contributed by atoms with Crippen LogP contribution in [0.2, 0.25) is 0 Å². The van der Waals surface area contributed by atoms with Gasteiger partial charge in [-0.2, -0.15) is 0 Å². The molecule has 21 heavy (non-hydrogen) atoms. The monoisotopic (exact) mass is 310 g/mol. The second kappa shape index (κ2) is 7.26. The number of anilines is 1. The summed E-state index contributed by atoms with van der Waals surface area (Å²) in [4.78, 5) is 13.8. The zero-order chi connectivity index (χ0) is 16.0. The molecule has 0 unspecified atom stereocenters. The zero-order valence-corrected chi connectivity index (χ0v) is 13.7. The van der Waals surface area contributed by atoms with E-state index in [9.17, 15) is 13.2 Å². The van der Waals surface area contributed by atoms with Crippen molar-refractivity contribution in [1.82, 2.24) is 4.90 Å². The predicted molar refractivity (Wildman–Crippen MR) is 86.1 cm³/mol. The SMILES string of the molecule is CCCN(c1cccc(C(=O)C=CN(C)C)c1)S(C)(=O)=O. The van der Waals surface area contributed by atoms with Crippen LogP contribution in [0.1, 0.15) is 23.7 Å². The topological polar surface area (TPSA) is 57.7 Å². The van der Waals surface area contributed by atoms with Crippen LogP contribution in [-0.4, -0.2) is 46.0 Å². The molecule has 0 saturated carbocycles. The van der Waals surface area contributed by atoms with Gasteiger partial charge in [-0.25, -0.2) is 8.42 Å². The molecule has 0 bridgehead atoms. The minimum atomic E-state index is -3.35. The average Bonchev–Trinajstić information content (AvgIpc) is 2.41. The van der Waals surface area contributed by atoms with Crippen LogP contribution in [0.15, 0.2) is 36.5 Å². The van der Waals surface area contributed by atoms with E-state index in [1.165, 1.54) is 16.6 Å². The first kappa shape index (κ1) is 17.2. The molecule has 0 fully saturated rings. The maximum atomic E-state index is 12.1. The van der Waals surface area contributed by atoms with Gasteiger partial charge in [0.15, 0.2) is 5.78 Å². The van der Waals surface area contributed by atoms with Crippen LogP contribution in [0.4, 0.5) is 5.69 Å². The molecule has 1 aromatic carbocycles. The molecule has 0 radical (unpaired) electrons. The fourth-order valence-corrected chi connectivity index (χ4v) is 2.83. The molecule has 0 atom stereocenters. The Labute approximate surface area is 126 Å². The van der Waals surface area contributed by atoms with Gasteiger partial charge < -0.3 is 4.90 Å². The third-order valence-electron chi connectivity index (χ3n) is 2.77. The lowest BCUT2D eigenvalue weighted by molar-refractivity contribution is 0.104. The lowest BCUT2D eigenvalue weighted by Gasteiger charge is -2.22. The van der Waals surface area contributed by atoms with Gasteiger partial charge in [-0.3, -0.25) is 9.10 Å². The van der Waals surface area contributed by atoms with Gasteiger partial charge in [0.2, 0.25) is 10.0 Å². The van der Waals surface area contributed by atoms with E-state index >= 15 is 0 Å². The van der Waals surface area contributed by atoms with Crippen LogP contribution in [0.25, 0.3) is 0 Å². The number of sulfonamides is 1. The summed E-state index contributed by atoms with van der Waals surface area (Å²) in [7, 11) is 0.300. The van der Waals surface area contributed by atoms with Crippen molar-refractivity contribution in [1.29, 1.82) is 0 Å². The van der Waals surface area contributed by atoms with E-state index < -0.39 is 10.0 Å². The van der Waals surface area contributed by atoms with E-state index in [-0.39, 0.29) is 5.78 Å². The molecule has 0 aliphatic rings. The van der Waals surface area contributed by atoms with Crippen molar-refractivity contribution < 1.29 is 13.2 Å². The Bertz CT molecular complexity index is 622. The van der Waals surface area contributed by atoms with Crippen molar-refractivity contribution in [3.05, 3.63) is 42.1 Å². The van der Waals surface area contributed by atoms with Gasteiger partial charge in [0, 0.05) is 38.5 Å². The van der Waals surface area contributed by atoms with Crippen molar-refractivity contribution in [2.45, 2.75) is 13.3 Å². The Balaban J connectivity index is 3.12. The van der Waals surface area contributed by atoms with Crippen molar-refractivity contribution in [3.63, 3.8) is 0 Å². The van der Waals surface area contributed by atoms with Crippen molar-refractivity contribution in [2.24, 2.45) is 0 Å². The summed E-state index contributed by atoms with van der Waals surface area (Å²) in [6.07, 6.45) is 4.99. The van der Waals surface area contributed by atoms with Gasteiger partial charge in [-0.1, -0.05) is 19.1 Å². The minimum Gasteiger partial charge on any atom is -0.383 e. The van der Waals surface area contributed by atoms with Crippen LogP contribution >= 0.6 is 0 Å². The highest BCUT2D eigenvalue weighted by Gasteiger charge is 2.17. The summed E-state index contributed by atoms with van der Waals surface area (Å²) < 4.78 is 25.0. The lowest BCUT2D eigenvalue weighted by Crippen LogP contribution is -2.30. The second-order valence-corrected chi connectivity index (χ2v) is 6.94. The molecule has 1 aromatic rings. The summed E-state index contributed by atoms with van der Waals surface area (Å²) in [5, 5.41) is 0. The van der Waals surface area contributed by atoms with Gasteiger partial charge in [0.25, 0.3) is 0 Å². The molecule has 5 nitrogen and oxygen atoms in total. The maximum Gasteiger partial charge on any atom is 0.232 e. The number of hydrogen-bond donors (Lipinski definition) is 0. The molecule has 0 aliphatic heterocycles. The third kappa shape index (κ3) is 5.23. The molecule has 6 heteroatoms. The number of rotatable bonds is 7. The maximum absolute atomic E-state index is 12.1. The quantitative estimate of drug-likeness (QED) is 0.572. The fraction of sp³-hybridized carbons (Fsp3) is 0.400. The number of ketones is 1. The van der Waals surface area contributed by atoms with Gasteiger partial charge in [-0.05, 0) is 18.6 Å². The van der Waals surface area contributed by atoms with Crippen molar-refractivity contribution in [3.8, 4) is 0 Å². The Morgan fingerprint density at radius 3 is 2.48 bits per heavy atom. The molecule has 0 saturated heterocycles. The molecule has 0 amide bonds. The Kier molecular flexibility index (Phi) is 5.96. The van der Waals surface area contributed by atoms with Gasteiger partial charge in [0.05, 0.1) is 11.9 Å². The number of nitrogens with zero attached hydrogens (tertiary/aromatic N) is 2. The zero-order valence-electron chi connectivity index (χ0n) is 12.9. The Hall–Kier alpha value is -1.82. The summed E-state index contributed by atoms with van der Waals surface area (Å²) >= 11 is 0. The summed E-state index contributed by atoms with van der Waals surface area (Å²) in [6.45, 7) is 2.30. The molecule has 0 aromatic heterocycles. The molecular weight excluding hydrogens is 288 g/mol. The molecule has 1 rings (SSSR count). The molecule has 0 spiro atoms. The molecular formula is C15H22N2O3S. The van der Waals surface area contributed by atoms with Crippen LogP contribution in [-0.2, 0) is 10.0 Å². The van der Waals surface area contributed by atoms with Gasteiger partial charge in [0.1, 0.15) is 0 Å². The van der Waals surface area contributed by atoms with Crippen LogP contribution in [0.3, 0.4) is 0 Å². The summed E-state index contributed by atoms with van der Waals surface area (Å²) in [6, 6.07) is 6.68. The first-order chi connectivity index (χ1) is 9.75. The Morgan fingerprint density at radius 1 is 1.29 bits per heavy atom. The van der Waals surface area contributed by atoms with E-state index in [0.717, 1.165) is 0 Å². The standard InChI is InChI=1S/C15H22N2O3S/c1-5-10-17(21(4,19)20)14-8-6-7-13(12-14)15(18)9-11-16(2)3/h6-9,11-12H,5,10H2,1-4H3. The molecule has 0 N–H and O–H groups in total. The highest BCUT2D eigenvalue weighted by Crippen LogP contribution is 2.20. The highest BCUT2D eigenvalue weighted by atomic mass is 32.2. The highest BCUT2D eigenvalue weighted by molar-refractivity contribution is 7.92. The minimum absolute atomic E-state index is 0.157. The Morgan fingerprint density at radius 2 is 1.95 bits per heavy atom. The van der Waals surface area contributed by atoms with Gasteiger partial charge in [-0.15, -0.1) is 0 Å². The fourth-order valence-electron chi connectivity index (χ4n) is 1.82.